The van der Waals surface area contributed by atoms with E-state index in [1.165, 1.54) is 238 Å². The first-order valence-electron chi connectivity index (χ1n) is 24.9. The normalized spacial score (nSPS) is 12.9. The highest BCUT2D eigenvalue weighted by Crippen LogP contribution is 2.17. The van der Waals surface area contributed by atoms with Crippen LogP contribution in [-0.2, 0) is 4.79 Å². The maximum Gasteiger partial charge on any atom is 0.220 e. The summed E-state index contributed by atoms with van der Waals surface area (Å²) < 4.78 is 0. The lowest BCUT2D eigenvalue weighted by atomic mass is 10.0. The molecule has 0 heterocycles. The minimum atomic E-state index is -0.833. The highest BCUT2D eigenvalue weighted by atomic mass is 16.3. The van der Waals surface area contributed by atoms with Crippen LogP contribution in [0.4, 0.5) is 0 Å². The zero-order valence-corrected chi connectivity index (χ0v) is 37.0. The van der Waals surface area contributed by atoms with Gasteiger partial charge in [0.25, 0.3) is 0 Å². The van der Waals surface area contributed by atoms with Crippen molar-refractivity contribution in [1.82, 2.24) is 5.32 Å². The maximum atomic E-state index is 12.4. The standard InChI is InChI=1S/C50H99NO3/c1-3-5-7-9-11-13-15-17-18-19-20-21-22-23-24-25-26-27-28-29-30-31-32-33-34-36-38-40-42-44-46-50(54)51-48(47-52)49(53)45-43-41-39-37-35-16-14-12-10-8-6-4-2/h43,45,48-49,52-53H,3-42,44,46-47H2,1-2H3,(H,51,54)/b45-43+. The van der Waals surface area contributed by atoms with Crippen LogP contribution >= 0.6 is 0 Å². The monoisotopic (exact) mass is 762 g/mol. The van der Waals surface area contributed by atoms with E-state index >= 15 is 0 Å². The summed E-state index contributed by atoms with van der Waals surface area (Å²) in [5, 5.41) is 23.0. The van der Waals surface area contributed by atoms with Crippen LogP contribution in [-0.4, -0.2) is 34.9 Å². The molecule has 0 aromatic carbocycles. The molecule has 3 N–H and O–H groups in total. The first-order valence-corrected chi connectivity index (χ1v) is 24.9. The molecule has 2 atom stereocenters. The molecule has 0 bridgehead atoms. The van der Waals surface area contributed by atoms with Crippen molar-refractivity contribution in [3.05, 3.63) is 12.2 Å². The minimum Gasteiger partial charge on any atom is -0.394 e. The van der Waals surface area contributed by atoms with Gasteiger partial charge < -0.3 is 15.5 Å². The summed E-state index contributed by atoms with van der Waals surface area (Å²) in [6, 6.07) is -0.616. The van der Waals surface area contributed by atoms with Crippen LogP contribution in [0.15, 0.2) is 12.2 Å². The van der Waals surface area contributed by atoms with E-state index in [0.29, 0.717) is 6.42 Å². The number of rotatable bonds is 46. The molecular formula is C50H99NO3. The third-order valence-corrected chi connectivity index (χ3v) is 11.8. The molecule has 2 unspecified atom stereocenters. The Kier molecular flexibility index (Phi) is 45.8. The van der Waals surface area contributed by atoms with Crippen molar-refractivity contribution in [2.24, 2.45) is 0 Å². The second kappa shape index (κ2) is 46.5. The Bertz CT molecular complexity index is 739. The van der Waals surface area contributed by atoms with Crippen LogP contribution in [0.3, 0.4) is 0 Å². The van der Waals surface area contributed by atoms with Gasteiger partial charge in [0.05, 0.1) is 18.8 Å². The highest BCUT2D eigenvalue weighted by Gasteiger charge is 2.18. The van der Waals surface area contributed by atoms with E-state index in [1.54, 1.807) is 6.08 Å². The zero-order chi connectivity index (χ0) is 39.3. The molecule has 0 aliphatic heterocycles. The Morgan fingerprint density at radius 3 is 0.963 bits per heavy atom. The first kappa shape index (κ1) is 53.1. The number of aliphatic hydroxyl groups is 2. The molecule has 322 valence electrons. The molecule has 0 aliphatic rings. The molecule has 1 amide bonds. The molecule has 54 heavy (non-hydrogen) atoms. The smallest absolute Gasteiger partial charge is 0.220 e. The Hall–Kier alpha value is -0.870. The Balaban J connectivity index is 3.39. The fourth-order valence-corrected chi connectivity index (χ4v) is 7.95. The number of hydrogen-bond acceptors (Lipinski definition) is 3. The van der Waals surface area contributed by atoms with E-state index in [0.717, 1.165) is 25.7 Å². The van der Waals surface area contributed by atoms with E-state index in [4.69, 9.17) is 0 Å². The van der Waals surface area contributed by atoms with Crippen molar-refractivity contribution in [1.29, 1.82) is 0 Å². The van der Waals surface area contributed by atoms with Crippen LogP contribution < -0.4 is 5.32 Å². The second-order valence-electron chi connectivity index (χ2n) is 17.2. The van der Waals surface area contributed by atoms with Gasteiger partial charge in [-0.25, -0.2) is 0 Å². The lowest BCUT2D eigenvalue weighted by Crippen LogP contribution is -2.45. The number of hydrogen-bond donors (Lipinski definition) is 3. The molecule has 0 spiro atoms. The number of nitrogens with one attached hydrogen (secondary N) is 1. The quantitative estimate of drug-likeness (QED) is 0.0427. The molecule has 4 nitrogen and oxygen atoms in total. The van der Waals surface area contributed by atoms with Gasteiger partial charge in [0.1, 0.15) is 0 Å². The van der Waals surface area contributed by atoms with Gasteiger partial charge in [-0.1, -0.05) is 270 Å². The van der Waals surface area contributed by atoms with E-state index in [9.17, 15) is 15.0 Å². The fourth-order valence-electron chi connectivity index (χ4n) is 7.95. The van der Waals surface area contributed by atoms with Crippen molar-refractivity contribution >= 4 is 5.91 Å². The molecule has 0 saturated heterocycles. The summed E-state index contributed by atoms with van der Waals surface area (Å²) in [4.78, 5) is 12.4. The topological polar surface area (TPSA) is 69.6 Å². The van der Waals surface area contributed by atoms with Gasteiger partial charge in [-0.05, 0) is 19.3 Å². The molecule has 0 saturated carbocycles. The maximum absolute atomic E-state index is 12.4. The molecule has 0 aliphatic carbocycles. The Morgan fingerprint density at radius 1 is 0.426 bits per heavy atom. The Labute approximate surface area is 339 Å². The SMILES string of the molecule is CCCCCCCCCCCC/C=C/C(O)C(CO)NC(=O)CCCCCCCCCCCCCCCCCCCCCCCCCCCCCCCC. The van der Waals surface area contributed by atoms with Crippen LogP contribution in [0, 0.1) is 0 Å². The number of aliphatic hydroxyl groups excluding tert-OH is 2. The molecule has 0 rings (SSSR count). The van der Waals surface area contributed by atoms with Crippen molar-refractivity contribution in [3.8, 4) is 0 Å². The van der Waals surface area contributed by atoms with Crippen molar-refractivity contribution in [2.45, 2.75) is 296 Å². The van der Waals surface area contributed by atoms with E-state index in [2.05, 4.69) is 19.2 Å². The van der Waals surface area contributed by atoms with Crippen LogP contribution in [0.25, 0.3) is 0 Å². The molecule has 0 fully saturated rings. The summed E-state index contributed by atoms with van der Waals surface area (Å²) >= 11 is 0. The lowest BCUT2D eigenvalue weighted by molar-refractivity contribution is -0.123. The van der Waals surface area contributed by atoms with Gasteiger partial charge in [0.2, 0.25) is 5.91 Å². The molecular weight excluding hydrogens is 663 g/mol. The van der Waals surface area contributed by atoms with Gasteiger partial charge in [-0.15, -0.1) is 0 Å². The molecule has 0 aromatic rings. The van der Waals surface area contributed by atoms with Crippen LogP contribution in [0.2, 0.25) is 0 Å². The summed E-state index contributed by atoms with van der Waals surface area (Å²) in [6.07, 6.45) is 59.3. The van der Waals surface area contributed by atoms with Crippen LogP contribution in [0.5, 0.6) is 0 Å². The summed E-state index contributed by atoms with van der Waals surface area (Å²) in [6.45, 7) is 4.32. The fraction of sp³-hybridized carbons (Fsp3) is 0.940. The zero-order valence-electron chi connectivity index (χ0n) is 37.0. The Morgan fingerprint density at radius 2 is 0.685 bits per heavy atom. The number of amides is 1. The van der Waals surface area contributed by atoms with Gasteiger partial charge in [-0.3, -0.25) is 4.79 Å². The van der Waals surface area contributed by atoms with Gasteiger partial charge >= 0.3 is 0 Å². The highest BCUT2D eigenvalue weighted by molar-refractivity contribution is 5.76. The van der Waals surface area contributed by atoms with Gasteiger partial charge in [-0.2, -0.15) is 0 Å². The number of carbonyl (C=O) groups is 1. The van der Waals surface area contributed by atoms with E-state index < -0.39 is 12.1 Å². The van der Waals surface area contributed by atoms with E-state index in [-0.39, 0.29) is 12.5 Å². The molecule has 0 aromatic heterocycles. The van der Waals surface area contributed by atoms with Gasteiger partial charge in [0.15, 0.2) is 0 Å². The average Bonchev–Trinajstić information content (AvgIpc) is 3.18. The average molecular weight is 762 g/mol. The lowest BCUT2D eigenvalue weighted by Gasteiger charge is -2.20. The van der Waals surface area contributed by atoms with E-state index in [1.807, 2.05) is 6.08 Å². The summed E-state index contributed by atoms with van der Waals surface area (Å²) in [5.41, 5.74) is 0. The predicted octanol–water partition coefficient (Wildman–Crippen LogP) is 15.8. The van der Waals surface area contributed by atoms with Crippen molar-refractivity contribution in [3.63, 3.8) is 0 Å². The minimum absolute atomic E-state index is 0.0589. The number of carbonyl (C=O) groups excluding carboxylic acids is 1. The summed E-state index contributed by atoms with van der Waals surface area (Å²) in [5.74, 6) is -0.0589. The third-order valence-electron chi connectivity index (χ3n) is 11.8. The van der Waals surface area contributed by atoms with Crippen molar-refractivity contribution < 1.29 is 15.0 Å². The predicted molar refractivity (Wildman–Crippen MR) is 239 cm³/mol. The summed E-state index contributed by atoms with van der Waals surface area (Å²) in [7, 11) is 0. The largest absolute Gasteiger partial charge is 0.394 e. The molecule has 0 radical (unpaired) electrons. The van der Waals surface area contributed by atoms with Gasteiger partial charge in [0, 0.05) is 6.42 Å². The van der Waals surface area contributed by atoms with Crippen molar-refractivity contribution in [2.75, 3.05) is 6.61 Å². The second-order valence-corrected chi connectivity index (χ2v) is 17.2. The number of unbranched alkanes of at least 4 members (excludes halogenated alkanes) is 39. The first-order chi connectivity index (χ1) is 26.7. The molecule has 4 heteroatoms. The third kappa shape index (κ3) is 42.3. The van der Waals surface area contributed by atoms with Crippen LogP contribution in [0.1, 0.15) is 284 Å². The number of allylic oxidation sites excluding steroid dienone is 1.